The standard InChI is InChI=1S/C24H32N6O3/c1-16-21-17(2)30(19-8-10-20(33-4)11-9-19)28-22(21)23(27-26-16)29-13-5-7-18(15-29)24(31)25-12-6-14-32-3/h8-11,18H,5-7,12-15H2,1-4H3,(H,25,31)/t18-/m0/s1. The van der Waals surface area contributed by atoms with Crippen molar-refractivity contribution in [1.29, 1.82) is 0 Å². The molecular weight excluding hydrogens is 420 g/mol. The molecule has 1 saturated heterocycles. The fourth-order valence-corrected chi connectivity index (χ4v) is 4.46. The number of ether oxygens (including phenoxy) is 2. The van der Waals surface area contributed by atoms with Crippen molar-refractivity contribution < 1.29 is 14.3 Å². The SMILES string of the molecule is COCCCNC(=O)[C@H]1CCCN(c2nnc(C)c3c(C)n(-c4ccc(OC)cc4)nc23)C1. The van der Waals surface area contributed by atoms with Crippen LogP contribution in [0, 0.1) is 19.8 Å². The number of carbonyl (C=O) groups excluding carboxylic acids is 1. The Kier molecular flexibility index (Phi) is 7.08. The first kappa shape index (κ1) is 23.0. The number of nitrogens with zero attached hydrogens (tertiary/aromatic N) is 5. The number of aromatic nitrogens is 4. The van der Waals surface area contributed by atoms with E-state index in [0.29, 0.717) is 19.7 Å². The normalized spacial score (nSPS) is 16.2. The summed E-state index contributed by atoms with van der Waals surface area (Å²) < 4.78 is 12.3. The predicted octanol–water partition coefficient (Wildman–Crippen LogP) is 2.81. The number of nitrogens with one attached hydrogen (secondary N) is 1. The molecule has 0 unspecified atom stereocenters. The maximum absolute atomic E-state index is 12.7. The number of piperidine rings is 1. The van der Waals surface area contributed by atoms with Gasteiger partial charge in [0.1, 0.15) is 11.3 Å². The van der Waals surface area contributed by atoms with Gasteiger partial charge in [0.25, 0.3) is 0 Å². The quantitative estimate of drug-likeness (QED) is 0.525. The summed E-state index contributed by atoms with van der Waals surface area (Å²) in [6.45, 7) is 6.71. The summed E-state index contributed by atoms with van der Waals surface area (Å²) in [4.78, 5) is 14.9. The Balaban J connectivity index is 1.61. The number of amides is 1. The molecule has 0 spiro atoms. The Bertz CT molecular complexity index is 1110. The smallest absolute Gasteiger partial charge is 0.224 e. The van der Waals surface area contributed by atoms with Crippen molar-refractivity contribution in [2.24, 2.45) is 5.92 Å². The number of fused-ring (bicyclic) bond motifs is 1. The van der Waals surface area contributed by atoms with Crippen LogP contribution in [0.2, 0.25) is 0 Å². The number of carbonyl (C=O) groups is 1. The lowest BCUT2D eigenvalue weighted by atomic mass is 9.97. The van der Waals surface area contributed by atoms with Crippen molar-refractivity contribution in [3.8, 4) is 11.4 Å². The van der Waals surface area contributed by atoms with Gasteiger partial charge in [0.2, 0.25) is 5.91 Å². The van der Waals surface area contributed by atoms with Gasteiger partial charge in [-0.15, -0.1) is 5.10 Å². The third-order valence-corrected chi connectivity index (χ3v) is 6.22. The molecule has 1 N–H and O–H groups in total. The van der Waals surface area contributed by atoms with Crippen molar-refractivity contribution in [2.45, 2.75) is 33.1 Å². The largest absolute Gasteiger partial charge is 0.497 e. The minimum absolute atomic E-state index is 0.0794. The number of anilines is 1. The second-order valence-electron chi connectivity index (χ2n) is 8.45. The van der Waals surface area contributed by atoms with Crippen LogP contribution in [0.1, 0.15) is 30.7 Å². The van der Waals surface area contributed by atoms with E-state index in [9.17, 15) is 4.79 Å². The van der Waals surface area contributed by atoms with Crippen LogP contribution in [-0.4, -0.2) is 66.3 Å². The lowest BCUT2D eigenvalue weighted by Crippen LogP contribution is -2.43. The summed E-state index contributed by atoms with van der Waals surface area (Å²) in [5.74, 6) is 1.55. The minimum Gasteiger partial charge on any atom is -0.497 e. The van der Waals surface area contributed by atoms with Crippen LogP contribution in [0.4, 0.5) is 5.82 Å². The minimum atomic E-state index is -0.0794. The van der Waals surface area contributed by atoms with Gasteiger partial charge in [-0.25, -0.2) is 4.68 Å². The summed E-state index contributed by atoms with van der Waals surface area (Å²) in [5, 5.41) is 17.9. The Morgan fingerprint density at radius 3 is 2.70 bits per heavy atom. The summed E-state index contributed by atoms with van der Waals surface area (Å²) >= 11 is 0. The summed E-state index contributed by atoms with van der Waals surface area (Å²) in [6.07, 6.45) is 2.60. The van der Waals surface area contributed by atoms with E-state index in [1.165, 1.54) is 0 Å². The molecular formula is C24H32N6O3. The van der Waals surface area contributed by atoms with E-state index in [4.69, 9.17) is 14.6 Å². The van der Waals surface area contributed by atoms with Gasteiger partial charge < -0.3 is 19.7 Å². The van der Waals surface area contributed by atoms with Crippen molar-refractivity contribution in [2.75, 3.05) is 45.4 Å². The highest BCUT2D eigenvalue weighted by Gasteiger charge is 2.29. The molecule has 0 saturated carbocycles. The van der Waals surface area contributed by atoms with Crippen molar-refractivity contribution in [3.63, 3.8) is 0 Å². The van der Waals surface area contributed by atoms with Crippen LogP contribution in [0.3, 0.4) is 0 Å². The number of hydrogen-bond donors (Lipinski definition) is 1. The number of rotatable bonds is 8. The Morgan fingerprint density at radius 1 is 1.18 bits per heavy atom. The van der Waals surface area contributed by atoms with Gasteiger partial charge in [-0.2, -0.15) is 10.2 Å². The lowest BCUT2D eigenvalue weighted by Gasteiger charge is -2.32. The molecule has 9 nitrogen and oxygen atoms in total. The summed E-state index contributed by atoms with van der Waals surface area (Å²) in [5.41, 5.74) is 3.61. The first-order valence-corrected chi connectivity index (χ1v) is 11.4. The molecule has 1 aliphatic rings. The van der Waals surface area contributed by atoms with Crippen molar-refractivity contribution in [3.05, 3.63) is 35.7 Å². The fourth-order valence-electron chi connectivity index (χ4n) is 4.46. The lowest BCUT2D eigenvalue weighted by molar-refractivity contribution is -0.125. The molecule has 1 fully saturated rings. The van der Waals surface area contributed by atoms with E-state index in [-0.39, 0.29) is 11.8 Å². The average molecular weight is 453 g/mol. The molecule has 2 aromatic heterocycles. The third-order valence-electron chi connectivity index (χ3n) is 6.22. The molecule has 4 rings (SSSR count). The predicted molar refractivity (Wildman–Crippen MR) is 127 cm³/mol. The molecule has 1 amide bonds. The zero-order chi connectivity index (χ0) is 23.4. The molecule has 1 atom stereocenters. The second kappa shape index (κ2) is 10.2. The third kappa shape index (κ3) is 4.78. The first-order chi connectivity index (χ1) is 16.0. The maximum Gasteiger partial charge on any atom is 0.224 e. The highest BCUT2D eigenvalue weighted by molar-refractivity contribution is 5.92. The molecule has 33 heavy (non-hydrogen) atoms. The number of aryl methyl sites for hydroxylation is 2. The van der Waals surface area contributed by atoms with E-state index in [1.807, 2.05) is 42.8 Å². The zero-order valence-corrected chi connectivity index (χ0v) is 19.8. The summed E-state index contributed by atoms with van der Waals surface area (Å²) in [7, 11) is 3.32. The van der Waals surface area contributed by atoms with E-state index in [2.05, 4.69) is 20.4 Å². The molecule has 3 heterocycles. The Morgan fingerprint density at radius 2 is 1.97 bits per heavy atom. The van der Waals surface area contributed by atoms with Crippen molar-refractivity contribution >= 4 is 22.6 Å². The highest BCUT2D eigenvalue weighted by Crippen LogP contribution is 2.31. The fraction of sp³-hybridized carbons (Fsp3) is 0.500. The van der Waals surface area contributed by atoms with Crippen LogP contribution in [0.25, 0.3) is 16.6 Å². The highest BCUT2D eigenvalue weighted by atomic mass is 16.5. The molecule has 0 bridgehead atoms. The molecule has 0 aliphatic carbocycles. The van der Waals surface area contributed by atoms with E-state index in [0.717, 1.165) is 65.4 Å². The molecule has 3 aromatic rings. The molecule has 1 aliphatic heterocycles. The van der Waals surface area contributed by atoms with E-state index < -0.39 is 0 Å². The maximum atomic E-state index is 12.7. The van der Waals surface area contributed by atoms with Crippen LogP contribution < -0.4 is 15.0 Å². The van der Waals surface area contributed by atoms with Gasteiger partial charge in [0, 0.05) is 33.4 Å². The monoisotopic (exact) mass is 452 g/mol. The summed E-state index contributed by atoms with van der Waals surface area (Å²) in [6, 6.07) is 7.81. The zero-order valence-electron chi connectivity index (χ0n) is 19.8. The van der Waals surface area contributed by atoms with Gasteiger partial charge in [-0.3, -0.25) is 4.79 Å². The van der Waals surface area contributed by atoms with Gasteiger partial charge in [-0.05, 0) is 57.4 Å². The van der Waals surface area contributed by atoms with Crippen LogP contribution in [0.5, 0.6) is 5.75 Å². The number of methoxy groups -OCH3 is 2. The van der Waals surface area contributed by atoms with E-state index in [1.54, 1.807) is 14.2 Å². The van der Waals surface area contributed by atoms with Crippen LogP contribution in [0.15, 0.2) is 24.3 Å². The average Bonchev–Trinajstić information content (AvgIpc) is 3.20. The molecule has 1 aromatic carbocycles. The topological polar surface area (TPSA) is 94.4 Å². The second-order valence-corrected chi connectivity index (χ2v) is 8.45. The molecule has 176 valence electrons. The Labute approximate surface area is 194 Å². The van der Waals surface area contributed by atoms with Gasteiger partial charge >= 0.3 is 0 Å². The molecule has 0 radical (unpaired) electrons. The molecule has 9 heteroatoms. The number of benzene rings is 1. The van der Waals surface area contributed by atoms with Crippen LogP contribution >= 0.6 is 0 Å². The Hall–Kier alpha value is -3.20. The van der Waals surface area contributed by atoms with Gasteiger partial charge in [-0.1, -0.05) is 0 Å². The van der Waals surface area contributed by atoms with Gasteiger partial charge in [0.15, 0.2) is 5.82 Å². The van der Waals surface area contributed by atoms with Gasteiger partial charge in [0.05, 0.1) is 35.5 Å². The van der Waals surface area contributed by atoms with Crippen molar-refractivity contribution in [1.82, 2.24) is 25.3 Å². The number of hydrogen-bond acceptors (Lipinski definition) is 7. The van der Waals surface area contributed by atoms with Crippen LogP contribution in [-0.2, 0) is 9.53 Å². The first-order valence-electron chi connectivity index (χ1n) is 11.4. The van der Waals surface area contributed by atoms with E-state index >= 15 is 0 Å².